The summed E-state index contributed by atoms with van der Waals surface area (Å²) in [5.74, 6) is -0.505. The molecule has 1 N–H and O–H groups in total. The Labute approximate surface area is 163 Å². The Morgan fingerprint density at radius 3 is 2.57 bits per heavy atom. The zero-order valence-corrected chi connectivity index (χ0v) is 15.6. The third kappa shape index (κ3) is 5.20. The fraction of sp³-hybridized carbons (Fsp3) is 0.190. The molecular weight excluding hydrogens is 354 g/mol. The Morgan fingerprint density at radius 1 is 1.00 bits per heavy atom. The third-order valence-corrected chi connectivity index (χ3v) is 4.23. The zero-order valence-electron chi connectivity index (χ0n) is 15.6. The number of nitrogens with zero attached hydrogens (tertiary/aromatic N) is 4. The van der Waals surface area contributed by atoms with Gasteiger partial charge in [-0.3, -0.25) is 24.5 Å². The minimum absolute atomic E-state index is 0.228. The van der Waals surface area contributed by atoms with Crippen LogP contribution < -0.4 is 5.32 Å². The Kier molecular flexibility index (Phi) is 6.41. The van der Waals surface area contributed by atoms with Crippen LogP contribution in [-0.2, 0) is 13.0 Å². The number of amides is 2. The van der Waals surface area contributed by atoms with Crippen LogP contribution in [0.2, 0.25) is 0 Å². The summed E-state index contributed by atoms with van der Waals surface area (Å²) >= 11 is 0. The molecule has 142 valence electrons. The monoisotopic (exact) mass is 375 g/mol. The molecule has 7 heteroatoms. The molecule has 0 aliphatic heterocycles. The van der Waals surface area contributed by atoms with E-state index in [2.05, 4.69) is 20.3 Å². The number of likely N-dealkylation sites (N-methyl/N-ethyl adjacent to an activating group) is 1. The van der Waals surface area contributed by atoms with E-state index in [9.17, 15) is 9.59 Å². The Hall–Kier alpha value is -3.61. The second-order valence-corrected chi connectivity index (χ2v) is 6.27. The molecule has 0 spiro atoms. The van der Waals surface area contributed by atoms with Crippen molar-refractivity contribution in [3.05, 3.63) is 89.8 Å². The van der Waals surface area contributed by atoms with Crippen molar-refractivity contribution < 1.29 is 9.59 Å². The summed E-state index contributed by atoms with van der Waals surface area (Å²) in [6.07, 6.45) is 7.32. The summed E-state index contributed by atoms with van der Waals surface area (Å²) in [7, 11) is 1.72. The molecule has 0 aliphatic rings. The fourth-order valence-electron chi connectivity index (χ4n) is 2.61. The maximum Gasteiger partial charge on any atom is 0.272 e. The lowest BCUT2D eigenvalue weighted by molar-refractivity contribution is 0.0791. The van der Waals surface area contributed by atoms with E-state index in [1.165, 1.54) is 12.3 Å². The van der Waals surface area contributed by atoms with Crippen LogP contribution in [0.15, 0.2) is 67.3 Å². The van der Waals surface area contributed by atoms with Crippen LogP contribution in [0.4, 0.5) is 0 Å². The van der Waals surface area contributed by atoms with Gasteiger partial charge in [0.25, 0.3) is 11.8 Å². The van der Waals surface area contributed by atoms with E-state index in [-0.39, 0.29) is 17.5 Å². The summed E-state index contributed by atoms with van der Waals surface area (Å²) in [5, 5.41) is 2.80. The average molecular weight is 375 g/mol. The maximum atomic E-state index is 12.6. The highest BCUT2D eigenvalue weighted by molar-refractivity contribution is 5.98. The number of aromatic nitrogens is 3. The average Bonchev–Trinajstić information content (AvgIpc) is 2.76. The maximum absolute atomic E-state index is 12.6. The van der Waals surface area contributed by atoms with Crippen molar-refractivity contribution in [2.75, 3.05) is 13.6 Å². The molecule has 3 aromatic heterocycles. The molecule has 0 unspecified atom stereocenters. The third-order valence-electron chi connectivity index (χ3n) is 4.23. The van der Waals surface area contributed by atoms with Gasteiger partial charge in [0.05, 0.1) is 12.2 Å². The number of hydrogen-bond donors (Lipinski definition) is 1. The molecule has 28 heavy (non-hydrogen) atoms. The quantitative estimate of drug-likeness (QED) is 0.683. The topological polar surface area (TPSA) is 88.1 Å². The van der Waals surface area contributed by atoms with Crippen molar-refractivity contribution in [2.24, 2.45) is 0 Å². The van der Waals surface area contributed by atoms with Gasteiger partial charge in [0.15, 0.2) is 0 Å². The lowest BCUT2D eigenvalue weighted by Gasteiger charge is -2.17. The number of carbonyl (C=O) groups excluding carboxylic acids is 2. The first-order valence-electron chi connectivity index (χ1n) is 8.92. The largest absolute Gasteiger partial charge is 0.346 e. The van der Waals surface area contributed by atoms with Crippen LogP contribution in [0.3, 0.4) is 0 Å². The van der Waals surface area contributed by atoms with E-state index < -0.39 is 0 Å². The summed E-state index contributed by atoms with van der Waals surface area (Å²) in [4.78, 5) is 38.9. The van der Waals surface area contributed by atoms with E-state index in [0.717, 1.165) is 17.7 Å². The summed E-state index contributed by atoms with van der Waals surface area (Å²) < 4.78 is 0. The van der Waals surface area contributed by atoms with Crippen LogP contribution in [0.1, 0.15) is 32.1 Å². The highest BCUT2D eigenvalue weighted by Crippen LogP contribution is 2.07. The van der Waals surface area contributed by atoms with Gasteiger partial charge in [-0.25, -0.2) is 0 Å². The second kappa shape index (κ2) is 9.36. The molecule has 0 radical (unpaired) electrons. The Balaban J connectivity index is 1.59. The van der Waals surface area contributed by atoms with Crippen molar-refractivity contribution in [3.8, 4) is 0 Å². The first kappa shape index (κ1) is 19.2. The molecule has 0 aliphatic carbocycles. The molecule has 2 amide bonds. The summed E-state index contributed by atoms with van der Waals surface area (Å²) in [6, 6.07) is 12.4. The number of carbonyl (C=O) groups is 2. The molecule has 7 nitrogen and oxygen atoms in total. The van der Waals surface area contributed by atoms with Gasteiger partial charge in [-0.2, -0.15) is 0 Å². The molecule has 0 saturated heterocycles. The second-order valence-electron chi connectivity index (χ2n) is 6.27. The van der Waals surface area contributed by atoms with Crippen LogP contribution in [-0.4, -0.2) is 45.3 Å². The molecule has 0 fully saturated rings. The molecule has 0 atom stereocenters. The predicted molar refractivity (Wildman–Crippen MR) is 105 cm³/mol. The SMILES string of the molecule is CN(CCc1ccncc1)C(=O)c1cc(C(=O)NCc2ccccn2)ccn1. The first-order valence-corrected chi connectivity index (χ1v) is 8.92. The highest BCUT2D eigenvalue weighted by Gasteiger charge is 2.15. The first-order chi connectivity index (χ1) is 13.6. The molecule has 0 saturated carbocycles. The van der Waals surface area contributed by atoms with Gasteiger partial charge in [0.2, 0.25) is 0 Å². The van der Waals surface area contributed by atoms with Crippen molar-refractivity contribution >= 4 is 11.8 Å². The summed E-state index contributed by atoms with van der Waals surface area (Å²) in [6.45, 7) is 0.859. The number of hydrogen-bond acceptors (Lipinski definition) is 5. The van der Waals surface area contributed by atoms with Gasteiger partial charge < -0.3 is 10.2 Å². The van der Waals surface area contributed by atoms with Gasteiger partial charge in [-0.15, -0.1) is 0 Å². The van der Waals surface area contributed by atoms with Crippen molar-refractivity contribution in [1.82, 2.24) is 25.2 Å². The standard InChI is InChI=1S/C21H21N5O2/c1-26(13-8-16-5-10-22-11-6-16)21(28)19-14-17(7-12-24-19)20(27)25-15-18-4-2-3-9-23-18/h2-7,9-12,14H,8,13,15H2,1H3,(H,25,27). The molecular formula is C21H21N5O2. The minimum Gasteiger partial charge on any atom is -0.346 e. The molecule has 0 bridgehead atoms. The number of rotatable bonds is 7. The highest BCUT2D eigenvalue weighted by atomic mass is 16.2. The Morgan fingerprint density at radius 2 is 1.82 bits per heavy atom. The van der Waals surface area contributed by atoms with Crippen molar-refractivity contribution in [1.29, 1.82) is 0 Å². The smallest absolute Gasteiger partial charge is 0.272 e. The normalized spacial score (nSPS) is 10.3. The van der Waals surface area contributed by atoms with Gasteiger partial charge in [0, 0.05) is 43.9 Å². The van der Waals surface area contributed by atoms with Crippen LogP contribution in [0.5, 0.6) is 0 Å². The Bertz CT molecular complexity index is 932. The van der Waals surface area contributed by atoms with Crippen molar-refractivity contribution in [2.45, 2.75) is 13.0 Å². The summed E-state index contributed by atoms with van der Waals surface area (Å²) in [5.41, 5.74) is 2.49. The molecule has 0 aromatic carbocycles. The van der Waals surface area contributed by atoms with Crippen LogP contribution in [0.25, 0.3) is 0 Å². The number of pyridine rings is 3. The van der Waals surface area contributed by atoms with Gasteiger partial charge in [-0.1, -0.05) is 6.07 Å². The lowest BCUT2D eigenvalue weighted by atomic mass is 10.1. The fourth-order valence-corrected chi connectivity index (χ4v) is 2.61. The predicted octanol–water partition coefficient (Wildman–Crippen LogP) is 2.12. The van der Waals surface area contributed by atoms with Gasteiger partial charge in [-0.05, 0) is 48.4 Å². The van der Waals surface area contributed by atoms with Crippen LogP contribution in [0, 0.1) is 0 Å². The lowest BCUT2D eigenvalue weighted by Crippen LogP contribution is -2.30. The molecule has 3 rings (SSSR count). The van der Waals surface area contributed by atoms with Crippen LogP contribution >= 0.6 is 0 Å². The van der Waals surface area contributed by atoms with Gasteiger partial charge >= 0.3 is 0 Å². The minimum atomic E-state index is -0.276. The van der Waals surface area contributed by atoms with E-state index >= 15 is 0 Å². The van der Waals surface area contributed by atoms with Gasteiger partial charge in [0.1, 0.15) is 5.69 Å². The molecule has 3 heterocycles. The van der Waals surface area contributed by atoms with E-state index in [0.29, 0.717) is 18.7 Å². The zero-order chi connectivity index (χ0) is 19.8. The van der Waals surface area contributed by atoms with E-state index in [1.54, 1.807) is 36.6 Å². The van der Waals surface area contributed by atoms with E-state index in [4.69, 9.17) is 0 Å². The number of nitrogens with one attached hydrogen (secondary N) is 1. The van der Waals surface area contributed by atoms with Crippen molar-refractivity contribution in [3.63, 3.8) is 0 Å². The molecule has 3 aromatic rings. The van der Waals surface area contributed by atoms with E-state index in [1.807, 2.05) is 30.3 Å².